The maximum absolute atomic E-state index is 9.13. The van der Waals surface area contributed by atoms with Crippen LogP contribution in [0.15, 0.2) is 16.9 Å². The Balaban J connectivity index is 3.14. The normalized spacial score (nSPS) is 9.80. The van der Waals surface area contributed by atoms with Crippen LogP contribution in [0.5, 0.6) is 5.75 Å². The minimum Gasteiger partial charge on any atom is -0.505 e. The maximum Gasteiger partial charge on any atom is 0.153 e. The number of hydrogen-bond acceptors (Lipinski definition) is 3. The van der Waals surface area contributed by atoms with Crippen LogP contribution in [-0.2, 0) is 6.61 Å². The predicted molar refractivity (Wildman–Crippen MR) is 39.5 cm³/mol. The fraction of sp³-hybridized carbons (Fsp3) is 0.167. The van der Waals surface area contributed by atoms with Crippen molar-refractivity contribution in [3.63, 3.8) is 0 Å². The summed E-state index contributed by atoms with van der Waals surface area (Å²) in [6.07, 6.45) is 1.51. The summed E-state index contributed by atoms with van der Waals surface area (Å²) < 4.78 is 0.360. The van der Waals surface area contributed by atoms with Gasteiger partial charge in [0.25, 0.3) is 0 Å². The summed E-state index contributed by atoms with van der Waals surface area (Å²) in [5.41, 5.74) is 0.474. The quantitative estimate of drug-likeness (QED) is 0.672. The van der Waals surface area contributed by atoms with Crippen molar-refractivity contribution in [2.75, 3.05) is 0 Å². The van der Waals surface area contributed by atoms with Crippen molar-refractivity contribution in [1.29, 1.82) is 0 Å². The van der Waals surface area contributed by atoms with Crippen molar-refractivity contribution in [1.82, 2.24) is 4.98 Å². The number of nitrogens with zero attached hydrogens (tertiary/aromatic N) is 1. The Morgan fingerprint density at radius 2 is 2.30 bits per heavy atom. The lowest BCUT2D eigenvalue weighted by Crippen LogP contribution is -1.86. The number of aromatic hydroxyl groups is 1. The molecule has 1 heterocycles. The van der Waals surface area contributed by atoms with Crippen molar-refractivity contribution >= 4 is 15.9 Å². The average molecular weight is 204 g/mol. The van der Waals surface area contributed by atoms with Crippen molar-refractivity contribution < 1.29 is 10.2 Å². The topological polar surface area (TPSA) is 53.4 Å². The molecule has 0 saturated heterocycles. The average Bonchev–Trinajstić information content (AvgIpc) is 1.95. The van der Waals surface area contributed by atoms with Crippen LogP contribution in [-0.4, -0.2) is 15.2 Å². The monoisotopic (exact) mass is 203 g/mol. The highest BCUT2D eigenvalue weighted by molar-refractivity contribution is 9.10. The third-order valence-corrected chi connectivity index (χ3v) is 1.71. The van der Waals surface area contributed by atoms with Gasteiger partial charge in [-0.25, -0.2) is 4.98 Å². The molecule has 1 aromatic heterocycles. The van der Waals surface area contributed by atoms with Gasteiger partial charge in [0.05, 0.1) is 6.61 Å². The zero-order valence-electron chi connectivity index (χ0n) is 5.08. The standard InChI is InChI=1S/C6H6BrNO2/c7-6-5(10)4(3-9)1-2-8-6/h1-2,9-10H,3H2. The van der Waals surface area contributed by atoms with Gasteiger partial charge in [-0.2, -0.15) is 0 Å². The van der Waals surface area contributed by atoms with Crippen molar-refractivity contribution in [2.24, 2.45) is 0 Å². The van der Waals surface area contributed by atoms with Gasteiger partial charge in [0, 0.05) is 11.8 Å². The molecular formula is C6H6BrNO2. The summed E-state index contributed by atoms with van der Waals surface area (Å²) in [7, 11) is 0. The number of aromatic nitrogens is 1. The Morgan fingerprint density at radius 3 is 2.80 bits per heavy atom. The van der Waals surface area contributed by atoms with Crippen LogP contribution in [0.1, 0.15) is 5.56 Å². The lowest BCUT2D eigenvalue weighted by Gasteiger charge is -1.99. The van der Waals surface area contributed by atoms with Gasteiger partial charge < -0.3 is 10.2 Å². The summed E-state index contributed by atoms with van der Waals surface area (Å²) in [6, 6.07) is 1.56. The molecule has 0 aliphatic heterocycles. The largest absolute Gasteiger partial charge is 0.505 e. The molecule has 0 unspecified atom stereocenters. The minimum atomic E-state index is -0.174. The fourth-order valence-electron chi connectivity index (χ4n) is 0.593. The Bertz CT molecular complexity index is 239. The van der Waals surface area contributed by atoms with E-state index in [4.69, 9.17) is 10.2 Å². The van der Waals surface area contributed by atoms with E-state index in [0.29, 0.717) is 10.2 Å². The Morgan fingerprint density at radius 1 is 1.60 bits per heavy atom. The zero-order valence-corrected chi connectivity index (χ0v) is 6.67. The molecule has 0 aliphatic carbocycles. The lowest BCUT2D eigenvalue weighted by atomic mass is 10.3. The highest BCUT2D eigenvalue weighted by Gasteiger charge is 2.02. The minimum absolute atomic E-state index is 0.00463. The molecular weight excluding hydrogens is 198 g/mol. The van der Waals surface area contributed by atoms with E-state index in [0.717, 1.165) is 0 Å². The second kappa shape index (κ2) is 2.98. The summed E-state index contributed by atoms with van der Waals surface area (Å²) in [5.74, 6) is 0.00463. The Kier molecular flexibility index (Phi) is 2.24. The van der Waals surface area contributed by atoms with Crippen LogP contribution < -0.4 is 0 Å². The van der Waals surface area contributed by atoms with Crippen LogP contribution >= 0.6 is 15.9 Å². The fourth-order valence-corrected chi connectivity index (χ4v) is 0.966. The van der Waals surface area contributed by atoms with Gasteiger partial charge in [0.1, 0.15) is 4.60 Å². The van der Waals surface area contributed by atoms with Crippen LogP contribution in [0.25, 0.3) is 0 Å². The first-order valence-corrected chi connectivity index (χ1v) is 3.48. The number of rotatable bonds is 1. The number of halogens is 1. The summed E-state index contributed by atoms with van der Waals surface area (Å²) in [6.45, 7) is -0.174. The third-order valence-electron chi connectivity index (χ3n) is 1.13. The van der Waals surface area contributed by atoms with Gasteiger partial charge in [0.2, 0.25) is 0 Å². The van der Waals surface area contributed by atoms with Gasteiger partial charge in [0.15, 0.2) is 5.75 Å². The van der Waals surface area contributed by atoms with Crippen molar-refractivity contribution in [3.8, 4) is 5.75 Å². The number of aliphatic hydroxyl groups excluding tert-OH is 1. The van der Waals surface area contributed by atoms with Gasteiger partial charge in [-0.05, 0) is 22.0 Å². The second-order valence-corrected chi connectivity index (χ2v) is 2.52. The molecule has 10 heavy (non-hydrogen) atoms. The van der Waals surface area contributed by atoms with E-state index >= 15 is 0 Å². The second-order valence-electron chi connectivity index (χ2n) is 1.77. The van der Waals surface area contributed by atoms with Gasteiger partial charge in [-0.3, -0.25) is 0 Å². The predicted octanol–water partition coefficient (Wildman–Crippen LogP) is 1.04. The highest BCUT2D eigenvalue weighted by atomic mass is 79.9. The van der Waals surface area contributed by atoms with E-state index in [1.807, 2.05) is 0 Å². The zero-order chi connectivity index (χ0) is 7.56. The number of aliphatic hydroxyl groups is 1. The van der Waals surface area contributed by atoms with E-state index in [-0.39, 0.29) is 12.4 Å². The lowest BCUT2D eigenvalue weighted by molar-refractivity contribution is 0.275. The van der Waals surface area contributed by atoms with E-state index in [1.54, 1.807) is 6.07 Å². The highest BCUT2D eigenvalue weighted by Crippen LogP contribution is 2.24. The molecule has 3 nitrogen and oxygen atoms in total. The van der Waals surface area contributed by atoms with Crippen LogP contribution in [0.3, 0.4) is 0 Å². The smallest absolute Gasteiger partial charge is 0.153 e. The first-order valence-electron chi connectivity index (χ1n) is 2.69. The third kappa shape index (κ3) is 1.27. The SMILES string of the molecule is OCc1ccnc(Br)c1O. The van der Waals surface area contributed by atoms with Crippen LogP contribution in [0, 0.1) is 0 Å². The van der Waals surface area contributed by atoms with Crippen LogP contribution in [0.2, 0.25) is 0 Å². The van der Waals surface area contributed by atoms with E-state index < -0.39 is 0 Å². The molecule has 0 atom stereocenters. The number of hydrogen-bond donors (Lipinski definition) is 2. The molecule has 0 amide bonds. The summed E-state index contributed by atoms with van der Waals surface area (Å²) >= 11 is 3.01. The van der Waals surface area contributed by atoms with E-state index in [9.17, 15) is 0 Å². The maximum atomic E-state index is 9.13. The molecule has 54 valence electrons. The molecule has 0 aliphatic rings. The number of pyridine rings is 1. The van der Waals surface area contributed by atoms with Gasteiger partial charge >= 0.3 is 0 Å². The van der Waals surface area contributed by atoms with Crippen molar-refractivity contribution in [3.05, 3.63) is 22.4 Å². The first-order chi connectivity index (χ1) is 4.75. The van der Waals surface area contributed by atoms with Gasteiger partial charge in [-0.1, -0.05) is 0 Å². The molecule has 1 rings (SSSR count). The molecule has 0 saturated carbocycles. The van der Waals surface area contributed by atoms with Crippen molar-refractivity contribution in [2.45, 2.75) is 6.61 Å². The Labute approximate surface area is 66.5 Å². The molecule has 0 bridgehead atoms. The van der Waals surface area contributed by atoms with Gasteiger partial charge in [-0.15, -0.1) is 0 Å². The molecule has 2 N–H and O–H groups in total. The summed E-state index contributed by atoms with van der Waals surface area (Å²) in [4.78, 5) is 3.74. The van der Waals surface area contributed by atoms with E-state index in [2.05, 4.69) is 20.9 Å². The molecule has 0 spiro atoms. The van der Waals surface area contributed by atoms with Crippen LogP contribution in [0.4, 0.5) is 0 Å². The first kappa shape index (κ1) is 7.50. The van der Waals surface area contributed by atoms with E-state index in [1.165, 1.54) is 6.20 Å². The molecule has 1 aromatic rings. The molecule has 0 fully saturated rings. The Hall–Kier alpha value is -0.610. The molecule has 0 aromatic carbocycles. The summed E-state index contributed by atoms with van der Waals surface area (Å²) in [5, 5.41) is 17.8. The molecule has 4 heteroatoms. The molecule has 0 radical (unpaired) electrons.